The number of nitrogens with one attached hydrogen (secondary N) is 2. The minimum absolute atomic E-state index is 0.0467. The fourth-order valence-electron chi connectivity index (χ4n) is 4.58. The number of carbonyl (C=O) groups is 1. The standard InChI is InChI=1S/C26H34N2O6S/c1-2-20-6-10-22(11-7-20)33-23-12-8-21(9-13-23)26(14-15-27-16-18-35(26,30)31)19-24(29)28-34-25-5-3-4-17-32-25/h6-13,25,27H,2-5,14-19H2,1H3,(H,28,29). The molecular weight excluding hydrogens is 468 g/mol. The van der Waals surface area contributed by atoms with Gasteiger partial charge in [-0.15, -0.1) is 0 Å². The summed E-state index contributed by atoms with van der Waals surface area (Å²) in [5.41, 5.74) is 4.22. The summed E-state index contributed by atoms with van der Waals surface area (Å²) in [7, 11) is -3.64. The highest BCUT2D eigenvalue weighted by Gasteiger charge is 2.47. The molecule has 0 radical (unpaired) electrons. The van der Waals surface area contributed by atoms with E-state index in [1.54, 1.807) is 24.3 Å². The van der Waals surface area contributed by atoms with Crippen LogP contribution in [0.5, 0.6) is 11.5 Å². The number of ether oxygens (including phenoxy) is 2. The molecule has 2 aromatic carbocycles. The molecule has 2 heterocycles. The highest BCUT2D eigenvalue weighted by Crippen LogP contribution is 2.40. The van der Waals surface area contributed by atoms with Gasteiger partial charge in [0.15, 0.2) is 16.1 Å². The maximum atomic E-state index is 13.5. The van der Waals surface area contributed by atoms with Crippen LogP contribution >= 0.6 is 0 Å². The molecule has 0 bridgehead atoms. The number of hydrogen-bond donors (Lipinski definition) is 2. The molecule has 2 unspecified atom stereocenters. The average molecular weight is 503 g/mol. The molecular formula is C26H34N2O6S. The maximum Gasteiger partial charge on any atom is 0.245 e. The van der Waals surface area contributed by atoms with Crippen molar-refractivity contribution < 1.29 is 27.5 Å². The summed E-state index contributed by atoms with van der Waals surface area (Å²) in [5, 5.41) is 3.15. The van der Waals surface area contributed by atoms with Crippen LogP contribution in [-0.2, 0) is 35.4 Å². The Morgan fingerprint density at radius 2 is 1.80 bits per heavy atom. The van der Waals surface area contributed by atoms with Crippen molar-refractivity contribution in [1.82, 2.24) is 10.8 Å². The van der Waals surface area contributed by atoms with Crippen molar-refractivity contribution in [2.45, 2.75) is 56.5 Å². The molecule has 35 heavy (non-hydrogen) atoms. The molecule has 1 amide bonds. The SMILES string of the molecule is CCc1ccc(Oc2ccc(C3(CC(=O)NOC4CCCCO4)CCNCCS3(=O)=O)cc2)cc1. The topological polar surface area (TPSA) is 103 Å². The van der Waals surface area contributed by atoms with Crippen molar-refractivity contribution in [3.05, 3.63) is 59.7 Å². The predicted octanol–water partition coefficient (Wildman–Crippen LogP) is 3.61. The van der Waals surface area contributed by atoms with E-state index in [-0.39, 0.29) is 18.6 Å². The number of aryl methyl sites for hydroxylation is 1. The molecule has 190 valence electrons. The zero-order valence-electron chi connectivity index (χ0n) is 20.1. The molecule has 2 atom stereocenters. The van der Waals surface area contributed by atoms with Crippen molar-refractivity contribution in [2.24, 2.45) is 0 Å². The number of hydroxylamine groups is 1. The Labute approximate surface area is 207 Å². The molecule has 2 aromatic rings. The molecule has 2 saturated heterocycles. The van der Waals surface area contributed by atoms with Crippen LogP contribution in [0.1, 0.15) is 50.2 Å². The van der Waals surface area contributed by atoms with Gasteiger partial charge in [-0.25, -0.2) is 18.7 Å². The quantitative estimate of drug-likeness (QED) is 0.532. The lowest BCUT2D eigenvalue weighted by atomic mass is 9.90. The van der Waals surface area contributed by atoms with Gasteiger partial charge in [-0.2, -0.15) is 0 Å². The van der Waals surface area contributed by atoms with Crippen LogP contribution < -0.4 is 15.5 Å². The van der Waals surface area contributed by atoms with E-state index in [0.717, 1.165) is 19.3 Å². The van der Waals surface area contributed by atoms with Gasteiger partial charge in [0.2, 0.25) is 5.91 Å². The smallest absolute Gasteiger partial charge is 0.245 e. The summed E-state index contributed by atoms with van der Waals surface area (Å²) in [6.07, 6.45) is 3.11. The van der Waals surface area contributed by atoms with Gasteiger partial charge < -0.3 is 14.8 Å². The van der Waals surface area contributed by atoms with Gasteiger partial charge in [0.25, 0.3) is 0 Å². The van der Waals surface area contributed by atoms with Crippen molar-refractivity contribution in [3.8, 4) is 11.5 Å². The Kier molecular flexibility index (Phi) is 8.43. The Morgan fingerprint density at radius 3 is 2.46 bits per heavy atom. The first-order chi connectivity index (χ1) is 16.9. The first kappa shape index (κ1) is 25.6. The van der Waals surface area contributed by atoms with Crippen LogP contribution in [0, 0.1) is 0 Å². The summed E-state index contributed by atoms with van der Waals surface area (Å²) in [6.45, 7) is 3.52. The van der Waals surface area contributed by atoms with Gasteiger partial charge in [-0.1, -0.05) is 31.2 Å². The van der Waals surface area contributed by atoms with E-state index in [4.69, 9.17) is 14.3 Å². The lowest BCUT2D eigenvalue weighted by Crippen LogP contribution is -2.43. The number of rotatable bonds is 8. The zero-order chi connectivity index (χ0) is 24.7. The fourth-order valence-corrected chi connectivity index (χ4v) is 6.65. The fraction of sp³-hybridized carbons (Fsp3) is 0.500. The molecule has 0 aromatic heterocycles. The van der Waals surface area contributed by atoms with Gasteiger partial charge in [0.05, 0.1) is 12.2 Å². The Balaban J connectivity index is 1.53. The van der Waals surface area contributed by atoms with Crippen LogP contribution in [0.2, 0.25) is 0 Å². The summed E-state index contributed by atoms with van der Waals surface area (Å²) >= 11 is 0. The molecule has 8 nitrogen and oxygen atoms in total. The van der Waals surface area contributed by atoms with E-state index in [0.29, 0.717) is 43.2 Å². The number of carbonyl (C=O) groups excluding carboxylic acids is 1. The molecule has 9 heteroatoms. The molecule has 2 aliphatic heterocycles. The normalized spacial score (nSPS) is 24.3. The molecule has 2 aliphatic rings. The second-order valence-electron chi connectivity index (χ2n) is 9.05. The lowest BCUT2D eigenvalue weighted by molar-refractivity contribution is -0.200. The van der Waals surface area contributed by atoms with Crippen molar-refractivity contribution in [3.63, 3.8) is 0 Å². The largest absolute Gasteiger partial charge is 0.457 e. The summed E-state index contributed by atoms with van der Waals surface area (Å²) in [6, 6.07) is 14.9. The first-order valence-electron chi connectivity index (χ1n) is 12.3. The number of amides is 1. The minimum Gasteiger partial charge on any atom is -0.457 e. The highest BCUT2D eigenvalue weighted by molar-refractivity contribution is 7.92. The Hall–Kier alpha value is -2.46. The summed E-state index contributed by atoms with van der Waals surface area (Å²) < 4.78 is 37.0. The van der Waals surface area contributed by atoms with Crippen LogP contribution in [0.3, 0.4) is 0 Å². The average Bonchev–Trinajstić information content (AvgIpc) is 3.02. The van der Waals surface area contributed by atoms with Crippen molar-refractivity contribution >= 4 is 15.7 Å². The third kappa shape index (κ3) is 6.22. The summed E-state index contributed by atoms with van der Waals surface area (Å²) in [4.78, 5) is 18.3. The Bertz CT molecular complexity index is 1080. The maximum absolute atomic E-state index is 13.5. The monoisotopic (exact) mass is 502 g/mol. The number of sulfone groups is 1. The molecule has 4 rings (SSSR count). The molecule has 0 saturated carbocycles. The molecule has 0 aliphatic carbocycles. The number of hydrogen-bond acceptors (Lipinski definition) is 7. The van der Waals surface area contributed by atoms with Gasteiger partial charge in [-0.05, 0) is 67.6 Å². The number of benzene rings is 2. The third-order valence-electron chi connectivity index (χ3n) is 6.68. The molecule has 2 N–H and O–H groups in total. The van der Waals surface area contributed by atoms with E-state index in [1.165, 1.54) is 5.56 Å². The van der Waals surface area contributed by atoms with Gasteiger partial charge in [0, 0.05) is 19.6 Å². The van der Waals surface area contributed by atoms with E-state index in [1.807, 2.05) is 24.3 Å². The summed E-state index contributed by atoms with van der Waals surface area (Å²) in [5.74, 6) is 0.771. The van der Waals surface area contributed by atoms with Gasteiger partial charge in [-0.3, -0.25) is 4.79 Å². The predicted molar refractivity (Wildman–Crippen MR) is 133 cm³/mol. The second-order valence-corrected chi connectivity index (χ2v) is 11.5. The van der Waals surface area contributed by atoms with Gasteiger partial charge in [0.1, 0.15) is 16.2 Å². The van der Waals surface area contributed by atoms with Crippen LogP contribution in [0.15, 0.2) is 48.5 Å². The third-order valence-corrected chi connectivity index (χ3v) is 9.20. The van der Waals surface area contributed by atoms with E-state index >= 15 is 0 Å². The zero-order valence-corrected chi connectivity index (χ0v) is 20.9. The van der Waals surface area contributed by atoms with E-state index < -0.39 is 26.8 Å². The van der Waals surface area contributed by atoms with Crippen molar-refractivity contribution in [1.29, 1.82) is 0 Å². The first-order valence-corrected chi connectivity index (χ1v) is 13.9. The van der Waals surface area contributed by atoms with E-state index in [2.05, 4.69) is 17.7 Å². The minimum atomic E-state index is -3.64. The van der Waals surface area contributed by atoms with Crippen LogP contribution in [0.4, 0.5) is 0 Å². The highest BCUT2D eigenvalue weighted by atomic mass is 32.2. The molecule has 2 fully saturated rings. The lowest BCUT2D eigenvalue weighted by Gasteiger charge is -2.32. The van der Waals surface area contributed by atoms with Crippen molar-refractivity contribution in [2.75, 3.05) is 25.4 Å². The van der Waals surface area contributed by atoms with Crippen LogP contribution in [-0.4, -0.2) is 46.1 Å². The van der Waals surface area contributed by atoms with Gasteiger partial charge >= 0.3 is 0 Å². The van der Waals surface area contributed by atoms with Crippen LogP contribution in [0.25, 0.3) is 0 Å². The second kappa shape index (κ2) is 11.5. The van der Waals surface area contributed by atoms with E-state index in [9.17, 15) is 13.2 Å². The Morgan fingerprint density at radius 1 is 1.09 bits per heavy atom. The molecule has 0 spiro atoms.